The summed E-state index contributed by atoms with van der Waals surface area (Å²) in [6.07, 6.45) is 8.95. The molecule has 0 saturated heterocycles. The molecule has 0 radical (unpaired) electrons. The van der Waals surface area contributed by atoms with Gasteiger partial charge in [0.1, 0.15) is 6.10 Å². The summed E-state index contributed by atoms with van der Waals surface area (Å²) < 4.78 is 1.50. The number of nitrogens with one attached hydrogen (secondary N) is 1. The first-order valence-electron chi connectivity index (χ1n) is 8.30. The van der Waals surface area contributed by atoms with E-state index in [9.17, 15) is 9.90 Å². The van der Waals surface area contributed by atoms with Crippen LogP contribution in [0.25, 0.3) is 0 Å². The highest BCUT2D eigenvalue weighted by Crippen LogP contribution is 2.20. The topological polar surface area (TPSA) is 80.0 Å². The van der Waals surface area contributed by atoms with Crippen LogP contribution in [0.3, 0.4) is 0 Å². The van der Waals surface area contributed by atoms with Crippen LogP contribution in [0.5, 0.6) is 0 Å². The van der Waals surface area contributed by atoms with Crippen molar-refractivity contribution in [1.82, 2.24) is 20.3 Å². The quantitative estimate of drug-likeness (QED) is 0.756. The fourth-order valence-electron chi connectivity index (χ4n) is 2.80. The second-order valence-corrected chi connectivity index (χ2v) is 6.95. The number of allylic oxidation sites excluding steroid dienone is 1. The first kappa shape index (κ1) is 16.9. The summed E-state index contributed by atoms with van der Waals surface area (Å²) in [5.41, 5.74) is 1.72. The minimum absolute atomic E-state index is 0.219. The van der Waals surface area contributed by atoms with Crippen LogP contribution in [0.1, 0.15) is 53.6 Å². The summed E-state index contributed by atoms with van der Waals surface area (Å²) in [4.78, 5) is 13.0. The van der Waals surface area contributed by atoms with Gasteiger partial charge in [-0.3, -0.25) is 4.79 Å². The van der Waals surface area contributed by atoms with Crippen molar-refractivity contribution in [2.45, 2.75) is 44.8 Å². The molecule has 0 fully saturated rings. The summed E-state index contributed by atoms with van der Waals surface area (Å²) >= 11 is 1.49. The molecule has 0 bridgehead atoms. The van der Waals surface area contributed by atoms with Gasteiger partial charge in [-0.2, -0.15) is 0 Å². The summed E-state index contributed by atoms with van der Waals surface area (Å²) in [6, 6.07) is 3.77. The Hall–Kier alpha value is -1.99. The van der Waals surface area contributed by atoms with Gasteiger partial charge in [0.2, 0.25) is 0 Å². The lowest BCUT2D eigenvalue weighted by Crippen LogP contribution is -2.25. The Bertz CT molecular complexity index is 693. The average Bonchev–Trinajstić information content (AvgIpc) is 3.27. The van der Waals surface area contributed by atoms with Crippen molar-refractivity contribution in [1.29, 1.82) is 0 Å². The molecule has 7 heteroatoms. The van der Waals surface area contributed by atoms with E-state index >= 15 is 0 Å². The molecule has 2 N–H and O–H groups in total. The van der Waals surface area contributed by atoms with Gasteiger partial charge in [-0.05, 0) is 43.6 Å². The Kier molecular flexibility index (Phi) is 5.77. The summed E-state index contributed by atoms with van der Waals surface area (Å²) in [7, 11) is 0. The molecule has 3 rings (SSSR count). The van der Waals surface area contributed by atoms with Crippen LogP contribution >= 0.6 is 11.3 Å². The molecule has 1 aliphatic carbocycles. The molecule has 0 unspecified atom stereocenters. The lowest BCUT2D eigenvalue weighted by molar-refractivity contribution is 0.0948. The van der Waals surface area contributed by atoms with Gasteiger partial charge in [-0.25, -0.2) is 4.68 Å². The third kappa shape index (κ3) is 4.52. The maximum atomic E-state index is 12.1. The highest BCUT2D eigenvalue weighted by atomic mass is 32.1. The lowest BCUT2D eigenvalue weighted by atomic mass is 9.97. The Morgan fingerprint density at radius 3 is 3.12 bits per heavy atom. The molecule has 0 saturated carbocycles. The maximum Gasteiger partial charge on any atom is 0.273 e. The molecular formula is C17H22N4O2S. The molecule has 0 aromatic carbocycles. The number of nitrogens with zero attached hydrogens (tertiary/aromatic N) is 3. The number of aromatic nitrogens is 3. The lowest BCUT2D eigenvalue weighted by Gasteiger charge is -2.12. The fraction of sp³-hybridized carbons (Fsp3) is 0.471. The smallest absolute Gasteiger partial charge is 0.273 e. The number of rotatable bonds is 7. The van der Waals surface area contributed by atoms with E-state index in [-0.39, 0.29) is 18.1 Å². The number of hydrogen-bond donors (Lipinski definition) is 2. The molecular weight excluding hydrogens is 324 g/mol. The van der Waals surface area contributed by atoms with E-state index in [2.05, 4.69) is 21.7 Å². The standard InChI is InChI=1S/C17H22N4O2S/c22-15(16-7-4-10-24-16)12-21-11-14(19-20-21)17(23)18-9-8-13-5-2-1-3-6-13/h4-5,7,10-11,15,22H,1-3,6,8-9,12H2,(H,18,23)/t15-/m1/s1. The molecule has 1 amide bonds. The Morgan fingerprint density at radius 1 is 1.46 bits per heavy atom. The van der Waals surface area contributed by atoms with Crippen molar-refractivity contribution >= 4 is 17.2 Å². The normalized spacial score (nSPS) is 15.8. The van der Waals surface area contributed by atoms with E-state index < -0.39 is 6.10 Å². The van der Waals surface area contributed by atoms with E-state index in [4.69, 9.17) is 0 Å². The molecule has 1 aliphatic rings. The zero-order valence-electron chi connectivity index (χ0n) is 13.5. The zero-order chi connectivity index (χ0) is 16.8. The SMILES string of the molecule is O=C(NCCC1=CCCCC1)c1cn(C[C@@H](O)c2cccs2)nn1. The van der Waals surface area contributed by atoms with Gasteiger partial charge >= 0.3 is 0 Å². The van der Waals surface area contributed by atoms with Crippen LogP contribution in [-0.4, -0.2) is 32.6 Å². The number of amides is 1. The number of thiophene rings is 1. The predicted molar refractivity (Wildman–Crippen MR) is 92.8 cm³/mol. The van der Waals surface area contributed by atoms with Crippen molar-refractivity contribution in [3.8, 4) is 0 Å². The van der Waals surface area contributed by atoms with Crippen LogP contribution in [0, 0.1) is 0 Å². The fourth-order valence-corrected chi connectivity index (χ4v) is 3.50. The maximum absolute atomic E-state index is 12.1. The van der Waals surface area contributed by atoms with Crippen LogP contribution in [0.2, 0.25) is 0 Å². The minimum atomic E-state index is -0.638. The molecule has 2 aromatic heterocycles. The average molecular weight is 346 g/mol. The monoisotopic (exact) mass is 346 g/mol. The number of hydrogen-bond acceptors (Lipinski definition) is 5. The Morgan fingerprint density at radius 2 is 2.38 bits per heavy atom. The van der Waals surface area contributed by atoms with E-state index in [1.165, 1.54) is 34.4 Å². The van der Waals surface area contributed by atoms with E-state index in [0.717, 1.165) is 24.1 Å². The van der Waals surface area contributed by atoms with E-state index in [0.29, 0.717) is 6.54 Å². The Labute approximate surface area is 145 Å². The minimum Gasteiger partial charge on any atom is -0.386 e. The molecule has 128 valence electrons. The molecule has 2 aromatic rings. The Balaban J connectivity index is 1.47. The van der Waals surface area contributed by atoms with Gasteiger partial charge in [-0.15, -0.1) is 16.4 Å². The van der Waals surface area contributed by atoms with Crippen molar-refractivity contribution in [3.05, 3.63) is 45.9 Å². The molecule has 24 heavy (non-hydrogen) atoms. The van der Waals surface area contributed by atoms with Crippen molar-refractivity contribution in [2.75, 3.05) is 6.54 Å². The predicted octanol–water partition coefficient (Wildman–Crippen LogP) is 2.69. The van der Waals surface area contributed by atoms with Gasteiger partial charge in [0, 0.05) is 11.4 Å². The number of aliphatic hydroxyl groups excluding tert-OH is 1. The highest BCUT2D eigenvalue weighted by Gasteiger charge is 2.14. The van der Waals surface area contributed by atoms with Crippen LogP contribution in [0.4, 0.5) is 0 Å². The van der Waals surface area contributed by atoms with E-state index in [1.54, 1.807) is 6.20 Å². The highest BCUT2D eigenvalue weighted by molar-refractivity contribution is 7.10. The van der Waals surface area contributed by atoms with Gasteiger partial charge in [0.05, 0.1) is 12.7 Å². The van der Waals surface area contributed by atoms with Gasteiger partial charge < -0.3 is 10.4 Å². The second-order valence-electron chi connectivity index (χ2n) is 5.97. The molecule has 2 heterocycles. The molecule has 0 spiro atoms. The van der Waals surface area contributed by atoms with Gasteiger partial charge in [-0.1, -0.05) is 22.9 Å². The number of carbonyl (C=O) groups is 1. The van der Waals surface area contributed by atoms with Crippen LogP contribution in [-0.2, 0) is 6.54 Å². The first-order chi connectivity index (χ1) is 11.7. The third-order valence-corrected chi connectivity index (χ3v) is 5.09. The molecule has 1 atom stereocenters. The summed E-state index contributed by atoms with van der Waals surface area (Å²) in [6.45, 7) is 0.906. The third-order valence-electron chi connectivity index (χ3n) is 4.12. The van der Waals surface area contributed by atoms with Crippen LogP contribution in [0.15, 0.2) is 35.4 Å². The number of carbonyl (C=O) groups excluding carboxylic acids is 1. The van der Waals surface area contributed by atoms with Crippen molar-refractivity contribution < 1.29 is 9.90 Å². The molecule has 0 aliphatic heterocycles. The number of aliphatic hydroxyl groups is 1. The van der Waals surface area contributed by atoms with E-state index in [1.807, 2.05) is 17.5 Å². The van der Waals surface area contributed by atoms with Gasteiger partial charge in [0.15, 0.2) is 5.69 Å². The molecule has 6 nitrogen and oxygen atoms in total. The first-order valence-corrected chi connectivity index (χ1v) is 9.18. The van der Waals surface area contributed by atoms with Crippen LogP contribution < -0.4 is 5.32 Å². The second kappa shape index (κ2) is 8.21. The van der Waals surface area contributed by atoms with Crippen molar-refractivity contribution in [3.63, 3.8) is 0 Å². The summed E-state index contributed by atoms with van der Waals surface area (Å²) in [5, 5.41) is 22.7. The largest absolute Gasteiger partial charge is 0.386 e. The van der Waals surface area contributed by atoms with Crippen molar-refractivity contribution in [2.24, 2.45) is 0 Å². The van der Waals surface area contributed by atoms with Gasteiger partial charge in [0.25, 0.3) is 5.91 Å². The zero-order valence-corrected chi connectivity index (χ0v) is 14.3. The summed E-state index contributed by atoms with van der Waals surface area (Å²) in [5.74, 6) is -0.219.